The molecule has 0 spiro atoms. The summed E-state index contributed by atoms with van der Waals surface area (Å²) in [4.78, 5) is 0. The lowest BCUT2D eigenvalue weighted by atomic mass is 16.0. The lowest BCUT2D eigenvalue weighted by molar-refractivity contribution is 0.824. The van der Waals surface area contributed by atoms with Gasteiger partial charge in [-0.15, -0.1) is 74.4 Å². The van der Waals surface area contributed by atoms with E-state index in [0.29, 0.717) is 0 Å². The van der Waals surface area contributed by atoms with E-state index in [1.807, 2.05) is 0 Å². The quantitative estimate of drug-likeness (QED) is 0.565. The van der Waals surface area contributed by atoms with E-state index in [2.05, 4.69) is 0 Å². The van der Waals surface area contributed by atoms with Crippen LogP contribution in [0.25, 0.3) is 0 Å². The lowest BCUT2D eigenvalue weighted by Gasteiger charge is -0.412. The van der Waals surface area contributed by atoms with Gasteiger partial charge in [-0.1, -0.05) is 0 Å². The van der Waals surface area contributed by atoms with E-state index < -0.39 is 0 Å². The molecular formula is H12Cl6OSi. The van der Waals surface area contributed by atoms with Gasteiger partial charge in [-0.25, -0.2) is 0 Å². The van der Waals surface area contributed by atoms with Crippen LogP contribution >= 0.6 is 74.4 Å². The highest BCUT2D eigenvalue weighted by Crippen LogP contribution is 0.695. The van der Waals surface area contributed by atoms with E-state index in [0.717, 1.165) is 0 Å². The highest BCUT2D eigenvalue weighted by Gasteiger charge is -0.0148. The van der Waals surface area contributed by atoms with E-state index in [-0.39, 0.29) is 90.9 Å². The predicted octanol–water partition coefficient (Wildman–Crippen LogP) is 0.254. The Kier molecular flexibility index (Phi) is 4080. The number of halogens is 6. The molecule has 2 N–H and O–H groups in total. The minimum Gasteiger partial charge on any atom is -0.412 e. The lowest BCUT2D eigenvalue weighted by Crippen LogP contribution is -0.381. The molecule has 0 bridgehead atoms. The molecule has 0 heterocycles. The summed E-state index contributed by atoms with van der Waals surface area (Å²) in [6, 6.07) is 0. The summed E-state index contributed by atoms with van der Waals surface area (Å²) in [7, 11) is 0. The van der Waals surface area contributed by atoms with Crippen molar-refractivity contribution in [1.29, 1.82) is 0 Å². The summed E-state index contributed by atoms with van der Waals surface area (Å²) < 4.78 is 0. The van der Waals surface area contributed by atoms with Gasteiger partial charge in [0.1, 0.15) is 0 Å². The fourth-order valence-corrected chi connectivity index (χ4v) is 0. The van der Waals surface area contributed by atoms with Crippen LogP contribution in [0.1, 0.15) is 0 Å². The minimum absolute atomic E-state index is 0. The maximum Gasteiger partial charge on any atom is -0.0149 e. The highest BCUT2D eigenvalue weighted by molar-refractivity contribution is 5.86. The molecule has 0 radical (unpaired) electrons. The first-order valence-corrected chi connectivity index (χ1v) is 0. The van der Waals surface area contributed by atoms with Crippen LogP contribution in [0.4, 0.5) is 0 Å². The van der Waals surface area contributed by atoms with Gasteiger partial charge >= 0.3 is 0 Å². The molecule has 8 heteroatoms. The van der Waals surface area contributed by atoms with Gasteiger partial charge in [0.05, 0.1) is 0 Å². The molecule has 0 rings (SSSR count). The van der Waals surface area contributed by atoms with Crippen LogP contribution in [-0.2, 0) is 0 Å². The van der Waals surface area contributed by atoms with Gasteiger partial charge < -0.3 is 5.48 Å². The number of hydrogen-bond donors (Lipinski definition) is 0. The Morgan fingerprint density at radius 3 is 0.375 bits per heavy atom. The van der Waals surface area contributed by atoms with Crippen molar-refractivity contribution in [3.8, 4) is 0 Å². The van der Waals surface area contributed by atoms with Gasteiger partial charge in [0.25, 0.3) is 0 Å². The van der Waals surface area contributed by atoms with Crippen molar-refractivity contribution in [2.24, 2.45) is 0 Å². The third-order valence-corrected chi connectivity index (χ3v) is 0. The van der Waals surface area contributed by atoms with Crippen LogP contribution < -0.4 is 0 Å². The van der Waals surface area contributed by atoms with E-state index in [1.54, 1.807) is 0 Å². The van der Waals surface area contributed by atoms with Gasteiger partial charge in [0.2, 0.25) is 0 Å². The van der Waals surface area contributed by atoms with E-state index in [1.165, 1.54) is 0 Å². The average molecular weight is 269 g/mol. The van der Waals surface area contributed by atoms with Crippen molar-refractivity contribution in [2.45, 2.75) is 0 Å². The fourth-order valence-electron chi connectivity index (χ4n) is 0. The van der Waals surface area contributed by atoms with Crippen molar-refractivity contribution < 1.29 is 5.48 Å². The zero-order chi connectivity index (χ0) is 0. The molecule has 0 aromatic carbocycles. The first kappa shape index (κ1) is 215. The topological polar surface area (TPSA) is 31.5 Å². The molecule has 0 saturated heterocycles. The Morgan fingerprint density at radius 1 is 0.375 bits per heavy atom. The van der Waals surface area contributed by atoms with Crippen molar-refractivity contribution in [1.82, 2.24) is 0 Å². The van der Waals surface area contributed by atoms with Crippen molar-refractivity contribution >= 4 is 85.4 Å². The SMILES string of the molecule is Cl.Cl.Cl.Cl.Cl.Cl.O.[SiH4]. The van der Waals surface area contributed by atoms with Gasteiger partial charge in [-0.05, 0) is 11.0 Å². The van der Waals surface area contributed by atoms with Crippen LogP contribution in [0, 0.1) is 0 Å². The molecule has 0 aromatic rings. The molecule has 0 aliphatic rings. The molecular weight excluding hydrogens is 257 g/mol. The molecule has 0 amide bonds. The molecule has 8 heavy (non-hydrogen) atoms. The van der Waals surface area contributed by atoms with Crippen LogP contribution in [0.15, 0.2) is 0 Å². The zero-order valence-electron chi connectivity index (χ0n) is 2.95. The Hall–Kier alpha value is 1.92. The first-order chi connectivity index (χ1) is 0. The largest absolute Gasteiger partial charge is 0.412 e. The van der Waals surface area contributed by atoms with Crippen molar-refractivity contribution in [3.63, 3.8) is 0 Å². The summed E-state index contributed by atoms with van der Waals surface area (Å²) >= 11 is 0. The van der Waals surface area contributed by atoms with Crippen LogP contribution in [-0.4, -0.2) is 16.4 Å². The summed E-state index contributed by atoms with van der Waals surface area (Å²) in [5.74, 6) is 0. The second-order valence-corrected chi connectivity index (χ2v) is 0. The normalized spacial score (nSPS) is 0. The second kappa shape index (κ2) is 152. The summed E-state index contributed by atoms with van der Waals surface area (Å²) in [6.45, 7) is 0. The first-order valence-electron chi connectivity index (χ1n) is 0. The van der Waals surface area contributed by atoms with E-state index in [4.69, 9.17) is 0 Å². The maximum atomic E-state index is 0. The van der Waals surface area contributed by atoms with Crippen LogP contribution in [0.2, 0.25) is 0 Å². The Morgan fingerprint density at radius 2 is 0.375 bits per heavy atom. The molecule has 0 atom stereocenters. The number of hydrogen-bond acceptors (Lipinski definition) is 0. The van der Waals surface area contributed by atoms with Gasteiger partial charge in [-0.2, -0.15) is 0 Å². The molecule has 1 nitrogen and oxygen atoms in total. The van der Waals surface area contributed by atoms with Crippen molar-refractivity contribution in [3.05, 3.63) is 0 Å². The smallest absolute Gasteiger partial charge is 0.0149 e. The van der Waals surface area contributed by atoms with Crippen LogP contribution in [0.5, 0.6) is 0 Å². The molecule has 0 fully saturated rings. The predicted molar refractivity (Wildman–Crippen MR) is 58.4 cm³/mol. The Balaban J connectivity index is 0. The van der Waals surface area contributed by atoms with E-state index in [9.17, 15) is 0 Å². The molecule has 0 saturated carbocycles. The standard InChI is InChI=1S/6ClH.H2O.H4Si/h6*1H;1H2;1H4. The zero-order valence-corrected chi connectivity index (χ0v) is 7.85. The fraction of sp³-hybridized carbons (Fsp3) is 0. The minimum atomic E-state index is 0. The molecule has 0 aliphatic carbocycles. The highest BCUT2D eigenvalue weighted by atomic mass is 35.5. The van der Waals surface area contributed by atoms with Gasteiger partial charge in [0, 0.05) is 0 Å². The molecule has 0 aromatic heterocycles. The Labute approximate surface area is 90.5 Å². The van der Waals surface area contributed by atoms with Gasteiger partial charge in [0.15, 0.2) is 0 Å². The molecule has 0 aliphatic heterocycles. The molecule has 64 valence electrons. The average Bonchev–Trinajstić information content (AvgIpc) is 0. The van der Waals surface area contributed by atoms with Crippen molar-refractivity contribution in [2.75, 3.05) is 0 Å². The monoisotopic (exact) mass is 266 g/mol. The van der Waals surface area contributed by atoms with E-state index >= 15 is 0 Å². The third kappa shape index (κ3) is 103. The Bertz CT molecular complexity index is 8.49. The second-order valence-electron chi connectivity index (χ2n) is 0. The third-order valence-electron chi connectivity index (χ3n) is 0. The summed E-state index contributed by atoms with van der Waals surface area (Å²) in [5, 5.41) is 0. The van der Waals surface area contributed by atoms with Gasteiger partial charge in [-0.3, -0.25) is 0 Å². The van der Waals surface area contributed by atoms with Crippen LogP contribution in [0.3, 0.4) is 0 Å². The maximum absolute atomic E-state index is 0. The summed E-state index contributed by atoms with van der Waals surface area (Å²) in [5.41, 5.74) is 0. The number of rotatable bonds is 0. The molecule has 0 unspecified atom stereocenters. The summed E-state index contributed by atoms with van der Waals surface area (Å²) in [6.07, 6.45) is 0.